The molecule has 0 radical (unpaired) electrons. The summed E-state index contributed by atoms with van der Waals surface area (Å²) in [5, 5.41) is 8.59. The molecule has 1 aliphatic heterocycles. The van der Waals surface area contributed by atoms with E-state index in [0.29, 0.717) is 16.1 Å². The Labute approximate surface area is 196 Å². The Morgan fingerprint density at radius 1 is 1.06 bits per heavy atom. The van der Waals surface area contributed by atoms with Gasteiger partial charge in [-0.25, -0.2) is 0 Å². The van der Waals surface area contributed by atoms with E-state index >= 15 is 0 Å². The molecule has 1 aliphatic rings. The number of carbonyl (C=O) groups is 1. The Morgan fingerprint density at radius 2 is 1.73 bits per heavy atom. The highest BCUT2D eigenvalue weighted by atomic mass is 35.5. The van der Waals surface area contributed by atoms with Crippen LogP contribution in [0.3, 0.4) is 0 Å². The van der Waals surface area contributed by atoms with Crippen molar-refractivity contribution >= 4 is 33.4 Å². The minimum absolute atomic E-state index is 0.0770. The van der Waals surface area contributed by atoms with Gasteiger partial charge in [-0.1, -0.05) is 35.9 Å². The fourth-order valence-electron chi connectivity index (χ4n) is 3.50. The van der Waals surface area contributed by atoms with E-state index in [4.69, 9.17) is 16.0 Å². The van der Waals surface area contributed by atoms with Crippen LogP contribution in [-0.2, 0) is 21.4 Å². The Kier molecular flexibility index (Phi) is 6.22. The van der Waals surface area contributed by atoms with Gasteiger partial charge in [0.15, 0.2) is 5.84 Å². The van der Waals surface area contributed by atoms with Crippen LogP contribution in [0.4, 0.5) is 0 Å². The van der Waals surface area contributed by atoms with Gasteiger partial charge in [-0.2, -0.15) is 8.42 Å². The molecule has 0 unspecified atom stereocenters. The molecule has 0 bridgehead atoms. The van der Waals surface area contributed by atoms with Gasteiger partial charge in [0, 0.05) is 18.7 Å². The third-order valence-electron chi connectivity index (χ3n) is 5.17. The van der Waals surface area contributed by atoms with Crippen molar-refractivity contribution in [2.45, 2.75) is 31.3 Å². The summed E-state index contributed by atoms with van der Waals surface area (Å²) in [5.41, 5.74) is 1.09. The highest BCUT2D eigenvalue weighted by molar-refractivity contribution is 7.90. The van der Waals surface area contributed by atoms with Crippen LogP contribution in [0, 0.1) is 0 Å². The van der Waals surface area contributed by atoms with Crippen molar-refractivity contribution in [3.63, 3.8) is 0 Å². The SMILES string of the molecule is CC(C)N(Cc1nnc(-c2ccccc2Cl)o1)C(=O)CN(C)C1=NS(=O)(=O)c2ccccc21. The molecule has 0 spiro atoms. The van der Waals surface area contributed by atoms with Crippen LogP contribution in [0.5, 0.6) is 0 Å². The number of nitrogens with zero attached hydrogens (tertiary/aromatic N) is 5. The van der Waals surface area contributed by atoms with E-state index in [1.165, 1.54) is 11.0 Å². The molecule has 0 N–H and O–H groups in total. The molecule has 4 rings (SSSR count). The molecule has 2 aromatic carbocycles. The van der Waals surface area contributed by atoms with E-state index in [0.717, 1.165) is 0 Å². The second-order valence-electron chi connectivity index (χ2n) is 7.84. The molecule has 1 aromatic heterocycles. The zero-order chi connectivity index (χ0) is 23.8. The van der Waals surface area contributed by atoms with Crippen molar-refractivity contribution < 1.29 is 17.6 Å². The summed E-state index contributed by atoms with van der Waals surface area (Å²) in [6.07, 6.45) is 0. The fourth-order valence-corrected chi connectivity index (χ4v) is 4.97. The van der Waals surface area contributed by atoms with Gasteiger partial charge in [-0.3, -0.25) is 4.79 Å². The minimum Gasteiger partial charge on any atom is -0.419 e. The first-order chi connectivity index (χ1) is 15.7. The Bertz CT molecular complexity index is 1340. The minimum atomic E-state index is -3.77. The molecule has 0 fully saturated rings. The third kappa shape index (κ3) is 4.62. The quantitative estimate of drug-likeness (QED) is 0.525. The first-order valence-electron chi connectivity index (χ1n) is 10.2. The molecule has 172 valence electrons. The summed E-state index contributed by atoms with van der Waals surface area (Å²) in [5.74, 6) is 0.530. The predicted octanol–water partition coefficient (Wildman–Crippen LogP) is 3.21. The highest BCUT2D eigenvalue weighted by Gasteiger charge is 2.32. The van der Waals surface area contributed by atoms with Crippen LogP contribution < -0.4 is 0 Å². The van der Waals surface area contributed by atoms with Crippen LogP contribution >= 0.6 is 11.6 Å². The largest absolute Gasteiger partial charge is 0.419 e. The number of rotatable bonds is 6. The number of benzene rings is 2. The van der Waals surface area contributed by atoms with Gasteiger partial charge in [0.1, 0.15) is 4.90 Å². The zero-order valence-electron chi connectivity index (χ0n) is 18.3. The number of halogens is 1. The molecule has 0 aliphatic carbocycles. The van der Waals surface area contributed by atoms with Crippen molar-refractivity contribution in [3.05, 3.63) is 65.0 Å². The van der Waals surface area contributed by atoms with Crippen molar-refractivity contribution in [2.75, 3.05) is 13.6 Å². The number of likely N-dealkylation sites (N-methyl/N-ethyl adjacent to an activating group) is 1. The van der Waals surface area contributed by atoms with E-state index < -0.39 is 10.0 Å². The van der Waals surface area contributed by atoms with Crippen LogP contribution in [0.2, 0.25) is 5.02 Å². The van der Waals surface area contributed by atoms with Gasteiger partial charge in [0.2, 0.25) is 17.7 Å². The maximum atomic E-state index is 13.1. The van der Waals surface area contributed by atoms with Crippen molar-refractivity contribution in [1.29, 1.82) is 0 Å². The summed E-state index contributed by atoms with van der Waals surface area (Å²) in [4.78, 5) is 16.4. The van der Waals surface area contributed by atoms with Crippen molar-refractivity contribution in [3.8, 4) is 11.5 Å². The van der Waals surface area contributed by atoms with E-state index in [9.17, 15) is 13.2 Å². The lowest BCUT2D eigenvalue weighted by Crippen LogP contribution is -2.44. The highest BCUT2D eigenvalue weighted by Crippen LogP contribution is 2.28. The van der Waals surface area contributed by atoms with Crippen LogP contribution in [0.1, 0.15) is 25.3 Å². The maximum Gasteiger partial charge on any atom is 0.285 e. The van der Waals surface area contributed by atoms with E-state index in [1.54, 1.807) is 48.3 Å². The smallest absolute Gasteiger partial charge is 0.285 e. The molecule has 2 heterocycles. The molecule has 1 amide bonds. The number of amidine groups is 1. The predicted molar refractivity (Wildman–Crippen MR) is 123 cm³/mol. The van der Waals surface area contributed by atoms with Gasteiger partial charge in [0.25, 0.3) is 10.0 Å². The topological polar surface area (TPSA) is 109 Å². The van der Waals surface area contributed by atoms with E-state index in [1.807, 2.05) is 19.9 Å². The molecule has 33 heavy (non-hydrogen) atoms. The number of aromatic nitrogens is 2. The number of fused-ring (bicyclic) bond motifs is 1. The fraction of sp³-hybridized carbons (Fsp3) is 0.273. The number of amides is 1. The Balaban J connectivity index is 1.51. The van der Waals surface area contributed by atoms with Crippen LogP contribution in [0.15, 0.2) is 62.2 Å². The lowest BCUT2D eigenvalue weighted by Gasteiger charge is -2.28. The molecule has 9 nitrogen and oxygen atoms in total. The second-order valence-corrected chi connectivity index (χ2v) is 9.82. The van der Waals surface area contributed by atoms with Crippen LogP contribution in [0.25, 0.3) is 11.5 Å². The summed E-state index contributed by atoms with van der Waals surface area (Å²) >= 11 is 6.20. The maximum absolute atomic E-state index is 13.1. The van der Waals surface area contributed by atoms with Gasteiger partial charge in [-0.05, 0) is 38.1 Å². The molecule has 0 atom stereocenters. The van der Waals surface area contributed by atoms with Gasteiger partial charge in [0.05, 0.1) is 23.7 Å². The van der Waals surface area contributed by atoms with E-state index in [2.05, 4.69) is 14.6 Å². The van der Waals surface area contributed by atoms with Gasteiger partial charge >= 0.3 is 0 Å². The lowest BCUT2D eigenvalue weighted by atomic mass is 10.2. The molecular weight excluding hydrogens is 466 g/mol. The average molecular weight is 488 g/mol. The Hall–Kier alpha value is -3.24. The molecule has 11 heteroatoms. The zero-order valence-corrected chi connectivity index (χ0v) is 19.8. The third-order valence-corrected chi connectivity index (χ3v) is 6.82. The Morgan fingerprint density at radius 3 is 2.42 bits per heavy atom. The van der Waals surface area contributed by atoms with E-state index in [-0.39, 0.29) is 47.6 Å². The summed E-state index contributed by atoms with van der Waals surface area (Å²) in [6.45, 7) is 3.77. The van der Waals surface area contributed by atoms with Gasteiger partial charge in [-0.15, -0.1) is 14.6 Å². The van der Waals surface area contributed by atoms with Gasteiger partial charge < -0.3 is 14.2 Å². The molecule has 0 saturated heterocycles. The summed E-state index contributed by atoms with van der Waals surface area (Å²) in [7, 11) is -2.14. The monoisotopic (exact) mass is 487 g/mol. The average Bonchev–Trinajstić information content (AvgIpc) is 3.34. The molecule has 3 aromatic rings. The number of hydrogen-bond donors (Lipinski definition) is 0. The number of carbonyl (C=O) groups excluding carboxylic acids is 1. The molecular formula is C22H22ClN5O4S. The number of sulfonamides is 1. The summed E-state index contributed by atoms with van der Waals surface area (Å²) < 4.78 is 34.3. The number of hydrogen-bond acceptors (Lipinski definition) is 7. The standard InChI is InChI=1S/C22H22ClN5O4S/c1-14(2)28(12-19-24-25-22(32-19)15-8-4-6-10-17(15)23)20(29)13-27(3)21-16-9-5-7-11-18(16)33(30,31)26-21/h4-11,14H,12-13H2,1-3H3. The lowest BCUT2D eigenvalue weighted by molar-refractivity contribution is -0.134. The first-order valence-corrected chi connectivity index (χ1v) is 12.0. The van der Waals surface area contributed by atoms with Crippen molar-refractivity contribution in [1.82, 2.24) is 20.0 Å². The normalized spacial score (nSPS) is 14.2. The first kappa shape index (κ1) is 22.9. The summed E-state index contributed by atoms with van der Waals surface area (Å²) in [6, 6.07) is 13.5. The molecule has 0 saturated carbocycles. The van der Waals surface area contributed by atoms with Crippen LogP contribution in [-0.4, -0.2) is 59.8 Å². The second kappa shape index (κ2) is 8.95. The van der Waals surface area contributed by atoms with Crippen molar-refractivity contribution in [2.24, 2.45) is 4.40 Å².